The van der Waals surface area contributed by atoms with Crippen molar-refractivity contribution in [3.63, 3.8) is 0 Å². The van der Waals surface area contributed by atoms with Gasteiger partial charge in [-0.3, -0.25) is 14.8 Å². The fourth-order valence-corrected chi connectivity index (χ4v) is 1.96. The number of hydrogen-bond acceptors (Lipinski definition) is 4. The Labute approximate surface area is 118 Å². The molecule has 0 aromatic carbocycles. The summed E-state index contributed by atoms with van der Waals surface area (Å²) in [6.45, 7) is 2.50. The summed E-state index contributed by atoms with van der Waals surface area (Å²) in [5.41, 5.74) is -0.619. The van der Waals surface area contributed by atoms with Gasteiger partial charge < -0.3 is 9.13 Å². The second-order valence-corrected chi connectivity index (χ2v) is 4.86. The number of aromatic amines is 2. The molecule has 0 aliphatic rings. The minimum atomic E-state index is -0.444. The van der Waals surface area contributed by atoms with Crippen molar-refractivity contribution in [3.8, 4) is 0 Å². The first-order chi connectivity index (χ1) is 9.47. The predicted molar refractivity (Wildman–Crippen MR) is 76.6 cm³/mol. The van der Waals surface area contributed by atoms with Crippen LogP contribution < -0.4 is 16.9 Å². The summed E-state index contributed by atoms with van der Waals surface area (Å²) >= 11 is 4.84. The van der Waals surface area contributed by atoms with Gasteiger partial charge in [0.2, 0.25) is 0 Å². The van der Waals surface area contributed by atoms with Gasteiger partial charge in [-0.05, 0) is 19.4 Å². The van der Waals surface area contributed by atoms with Crippen LogP contribution in [0, 0.1) is 11.6 Å². The molecule has 2 aromatic heterocycles. The molecule has 106 valence electrons. The standard InChI is InChI=1S/C12H14N4O3S/c1-8-7-16(12(19)14-10(8)17)5-2-4-15-6-3-9(20)13-11(15)18/h3,6-7H,2,4-5H2,1H3,(H,13,18,20)(H,14,17,19). The topological polar surface area (TPSA) is 92.7 Å². The highest BCUT2D eigenvalue weighted by atomic mass is 32.1. The fourth-order valence-electron chi connectivity index (χ4n) is 1.82. The van der Waals surface area contributed by atoms with E-state index in [2.05, 4.69) is 9.97 Å². The quantitative estimate of drug-likeness (QED) is 0.785. The molecule has 0 saturated carbocycles. The summed E-state index contributed by atoms with van der Waals surface area (Å²) < 4.78 is 3.30. The highest BCUT2D eigenvalue weighted by molar-refractivity contribution is 7.71. The predicted octanol–water partition coefficient (Wildman–Crippen LogP) is 0.155. The second-order valence-electron chi connectivity index (χ2n) is 4.42. The van der Waals surface area contributed by atoms with Crippen LogP contribution in [0.5, 0.6) is 0 Å². The summed E-state index contributed by atoms with van der Waals surface area (Å²) in [6.07, 6.45) is 3.71. The first kappa shape index (κ1) is 14.2. The van der Waals surface area contributed by atoms with E-state index in [0.717, 1.165) is 0 Å². The van der Waals surface area contributed by atoms with Gasteiger partial charge in [0.1, 0.15) is 4.64 Å². The molecule has 20 heavy (non-hydrogen) atoms. The molecule has 2 heterocycles. The van der Waals surface area contributed by atoms with E-state index in [1.54, 1.807) is 19.2 Å². The van der Waals surface area contributed by atoms with Crippen molar-refractivity contribution in [2.75, 3.05) is 0 Å². The van der Waals surface area contributed by atoms with Crippen molar-refractivity contribution in [3.05, 3.63) is 60.0 Å². The maximum Gasteiger partial charge on any atom is 0.328 e. The van der Waals surface area contributed by atoms with Crippen LogP contribution >= 0.6 is 12.2 Å². The molecule has 0 fully saturated rings. The van der Waals surface area contributed by atoms with E-state index < -0.39 is 5.69 Å². The SMILES string of the molecule is Cc1cn(CCCn2ccc(=S)[nH]c2=O)c(=O)[nH]c1=O. The zero-order chi connectivity index (χ0) is 14.7. The highest BCUT2D eigenvalue weighted by Crippen LogP contribution is 1.92. The normalized spacial score (nSPS) is 10.7. The number of aromatic nitrogens is 4. The Morgan fingerprint density at radius 3 is 2.45 bits per heavy atom. The molecule has 0 bridgehead atoms. The second kappa shape index (κ2) is 5.83. The van der Waals surface area contributed by atoms with E-state index >= 15 is 0 Å². The Morgan fingerprint density at radius 1 is 1.10 bits per heavy atom. The van der Waals surface area contributed by atoms with E-state index in [4.69, 9.17) is 12.2 Å². The smallest absolute Gasteiger partial charge is 0.301 e. The van der Waals surface area contributed by atoms with Crippen LogP contribution in [0.15, 0.2) is 32.8 Å². The van der Waals surface area contributed by atoms with Crippen LogP contribution in [0.25, 0.3) is 0 Å². The van der Waals surface area contributed by atoms with Crippen LogP contribution in [-0.2, 0) is 13.1 Å². The molecule has 0 amide bonds. The molecule has 0 aliphatic heterocycles. The average Bonchev–Trinajstić information content (AvgIpc) is 2.38. The van der Waals surface area contributed by atoms with Gasteiger partial charge in [-0.1, -0.05) is 12.2 Å². The van der Waals surface area contributed by atoms with Crippen LogP contribution in [0.1, 0.15) is 12.0 Å². The molecular formula is C12H14N4O3S. The number of H-pyrrole nitrogens is 2. The Kier molecular flexibility index (Phi) is 4.14. The lowest BCUT2D eigenvalue weighted by Crippen LogP contribution is -2.31. The largest absolute Gasteiger partial charge is 0.328 e. The lowest BCUT2D eigenvalue weighted by Gasteiger charge is -2.07. The molecule has 0 spiro atoms. The summed E-state index contributed by atoms with van der Waals surface area (Å²) in [7, 11) is 0. The summed E-state index contributed by atoms with van der Waals surface area (Å²) in [5, 5.41) is 0. The van der Waals surface area contributed by atoms with Crippen molar-refractivity contribution in [1.29, 1.82) is 0 Å². The molecule has 0 aliphatic carbocycles. The minimum Gasteiger partial charge on any atom is -0.301 e. The molecule has 2 N–H and O–H groups in total. The third kappa shape index (κ3) is 3.21. The monoisotopic (exact) mass is 294 g/mol. The molecule has 0 unspecified atom stereocenters. The first-order valence-electron chi connectivity index (χ1n) is 6.07. The summed E-state index contributed by atoms with van der Waals surface area (Å²) in [4.78, 5) is 39.1. The van der Waals surface area contributed by atoms with E-state index in [-0.39, 0.29) is 11.2 Å². The van der Waals surface area contributed by atoms with Gasteiger partial charge in [0.15, 0.2) is 0 Å². The molecule has 0 saturated heterocycles. The fraction of sp³-hybridized carbons (Fsp3) is 0.333. The van der Waals surface area contributed by atoms with E-state index in [0.29, 0.717) is 29.7 Å². The molecule has 7 nitrogen and oxygen atoms in total. The Balaban J connectivity index is 2.08. The Hall–Kier alpha value is -2.22. The number of rotatable bonds is 4. The van der Waals surface area contributed by atoms with E-state index in [1.165, 1.54) is 15.3 Å². The highest BCUT2D eigenvalue weighted by Gasteiger charge is 2.01. The lowest BCUT2D eigenvalue weighted by atomic mass is 10.3. The third-order valence-electron chi connectivity index (χ3n) is 2.88. The van der Waals surface area contributed by atoms with Gasteiger partial charge in [-0.15, -0.1) is 0 Å². The number of nitrogens with zero attached hydrogens (tertiary/aromatic N) is 2. The molecule has 8 heteroatoms. The summed E-state index contributed by atoms with van der Waals surface area (Å²) in [6, 6.07) is 1.63. The van der Waals surface area contributed by atoms with Gasteiger partial charge in [0.05, 0.1) is 0 Å². The van der Waals surface area contributed by atoms with Gasteiger partial charge in [0, 0.05) is 31.0 Å². The van der Waals surface area contributed by atoms with E-state index in [1.807, 2.05) is 0 Å². The van der Waals surface area contributed by atoms with Crippen LogP contribution in [0.4, 0.5) is 0 Å². The molecule has 0 atom stereocenters. The molecule has 0 radical (unpaired) electrons. The van der Waals surface area contributed by atoms with Crippen molar-refractivity contribution >= 4 is 12.2 Å². The molecular weight excluding hydrogens is 280 g/mol. The first-order valence-corrected chi connectivity index (χ1v) is 6.48. The van der Waals surface area contributed by atoms with Gasteiger partial charge in [-0.2, -0.15) is 0 Å². The van der Waals surface area contributed by atoms with Gasteiger partial charge >= 0.3 is 11.4 Å². The zero-order valence-electron chi connectivity index (χ0n) is 10.9. The van der Waals surface area contributed by atoms with Gasteiger partial charge in [0.25, 0.3) is 5.56 Å². The van der Waals surface area contributed by atoms with Crippen molar-refractivity contribution in [2.45, 2.75) is 26.4 Å². The van der Waals surface area contributed by atoms with Gasteiger partial charge in [-0.25, -0.2) is 9.59 Å². The maximum atomic E-state index is 11.6. The average molecular weight is 294 g/mol. The van der Waals surface area contributed by atoms with Crippen LogP contribution in [0.3, 0.4) is 0 Å². The molecule has 2 rings (SSSR count). The maximum absolute atomic E-state index is 11.6. The summed E-state index contributed by atoms with van der Waals surface area (Å²) in [5.74, 6) is 0. The Bertz CT molecular complexity index is 843. The van der Waals surface area contributed by atoms with Crippen LogP contribution in [0.2, 0.25) is 0 Å². The Morgan fingerprint density at radius 2 is 1.75 bits per heavy atom. The van der Waals surface area contributed by atoms with Crippen molar-refractivity contribution in [1.82, 2.24) is 19.1 Å². The molecule has 2 aromatic rings. The van der Waals surface area contributed by atoms with E-state index in [9.17, 15) is 14.4 Å². The number of hydrogen-bond donors (Lipinski definition) is 2. The lowest BCUT2D eigenvalue weighted by molar-refractivity contribution is 0.527. The van der Waals surface area contributed by atoms with Crippen molar-refractivity contribution < 1.29 is 0 Å². The van der Waals surface area contributed by atoms with Crippen LogP contribution in [-0.4, -0.2) is 19.1 Å². The van der Waals surface area contributed by atoms with Crippen molar-refractivity contribution in [2.24, 2.45) is 0 Å². The number of aryl methyl sites for hydroxylation is 3. The minimum absolute atomic E-state index is 0.275. The number of nitrogens with one attached hydrogen (secondary N) is 2. The third-order valence-corrected chi connectivity index (χ3v) is 3.12. The zero-order valence-corrected chi connectivity index (χ0v) is 11.7.